The van der Waals surface area contributed by atoms with Crippen molar-refractivity contribution >= 4 is 5.97 Å². The minimum absolute atomic E-state index is 0.272. The summed E-state index contributed by atoms with van der Waals surface area (Å²) >= 11 is 0. The molecule has 2 nitrogen and oxygen atoms in total. The second kappa shape index (κ2) is 9.38. The molecule has 0 saturated heterocycles. The quantitative estimate of drug-likeness (QED) is 0.172. The minimum atomic E-state index is -6.36. The highest BCUT2D eigenvalue weighted by atomic mass is 19.4. The summed E-state index contributed by atoms with van der Waals surface area (Å²) in [6.07, 6.45) is -23.1. The van der Waals surface area contributed by atoms with Gasteiger partial charge in [0.25, 0.3) is 0 Å². The van der Waals surface area contributed by atoms with Gasteiger partial charge in [0.1, 0.15) is 0 Å². The van der Waals surface area contributed by atoms with Crippen LogP contribution in [0.3, 0.4) is 0 Å². The van der Waals surface area contributed by atoms with E-state index in [1.165, 1.54) is 0 Å². The van der Waals surface area contributed by atoms with Gasteiger partial charge >= 0.3 is 41.8 Å². The van der Waals surface area contributed by atoms with Gasteiger partial charge in [-0.25, -0.2) is 9.18 Å². The molecule has 0 rings (SSSR count). The molecule has 0 heterocycles. The summed E-state index contributed by atoms with van der Waals surface area (Å²) in [5, 5.41) is 0. The van der Waals surface area contributed by atoms with Gasteiger partial charge in [0.15, 0.2) is 0 Å². The van der Waals surface area contributed by atoms with Crippen molar-refractivity contribution in [3.63, 3.8) is 0 Å². The fraction of sp³-hybridized carbons (Fsp3) is 0.800. The van der Waals surface area contributed by atoms with Gasteiger partial charge in [-0.05, 0) is 0 Å². The third kappa shape index (κ3) is 7.70. The standard InChI is InChI=1S/C15H14F14O2/c1-2-9(30)31-8(16)7-14(25,26)12(21,22)4-3-10(17,18)11(19,20)5-6-13(23,24)15(27,28)29/h2,8H,1,3-7H2. The molecule has 0 aliphatic carbocycles. The number of esters is 1. The average Bonchev–Trinajstić information content (AvgIpc) is 2.56. The Kier molecular flexibility index (Phi) is 8.85. The summed E-state index contributed by atoms with van der Waals surface area (Å²) in [7, 11) is 0. The predicted molar refractivity (Wildman–Crippen MR) is 75.1 cm³/mol. The van der Waals surface area contributed by atoms with E-state index in [0.717, 1.165) is 0 Å². The van der Waals surface area contributed by atoms with Crippen molar-refractivity contribution in [2.75, 3.05) is 0 Å². The topological polar surface area (TPSA) is 26.3 Å². The van der Waals surface area contributed by atoms with Crippen molar-refractivity contribution in [1.82, 2.24) is 0 Å². The van der Waals surface area contributed by atoms with E-state index in [0.29, 0.717) is 0 Å². The summed E-state index contributed by atoms with van der Waals surface area (Å²) in [4.78, 5) is 10.6. The summed E-state index contributed by atoms with van der Waals surface area (Å²) in [6, 6.07) is 0. The summed E-state index contributed by atoms with van der Waals surface area (Å²) in [6.45, 7) is 2.74. The maximum atomic E-state index is 13.5. The molecule has 31 heavy (non-hydrogen) atoms. The molecule has 16 heteroatoms. The lowest BCUT2D eigenvalue weighted by Crippen LogP contribution is -2.47. The SMILES string of the molecule is C=CC(=O)OC(F)CC(F)(F)C(F)(F)CCC(F)(F)C(F)(F)CCC(F)(F)C(F)(F)F. The lowest BCUT2D eigenvalue weighted by Gasteiger charge is -2.32. The molecule has 0 aliphatic heterocycles. The van der Waals surface area contributed by atoms with Crippen molar-refractivity contribution in [2.45, 2.75) is 74.3 Å². The van der Waals surface area contributed by atoms with Crippen LogP contribution in [0.25, 0.3) is 0 Å². The molecule has 0 bridgehead atoms. The normalized spacial score (nSPS) is 15.5. The van der Waals surface area contributed by atoms with Gasteiger partial charge in [0, 0.05) is 31.8 Å². The molecule has 0 fully saturated rings. The van der Waals surface area contributed by atoms with E-state index >= 15 is 0 Å². The number of rotatable bonds is 12. The van der Waals surface area contributed by atoms with Crippen molar-refractivity contribution < 1.29 is 71.0 Å². The van der Waals surface area contributed by atoms with E-state index in [9.17, 15) is 66.3 Å². The zero-order valence-electron chi connectivity index (χ0n) is 15.0. The first-order valence-electron chi connectivity index (χ1n) is 7.94. The fourth-order valence-electron chi connectivity index (χ4n) is 1.89. The Balaban J connectivity index is 5.19. The zero-order chi connectivity index (χ0) is 25.1. The first kappa shape index (κ1) is 29.2. The zero-order valence-corrected chi connectivity index (χ0v) is 15.0. The Morgan fingerprint density at radius 1 is 0.677 bits per heavy atom. The van der Waals surface area contributed by atoms with Gasteiger partial charge in [-0.3, -0.25) is 0 Å². The van der Waals surface area contributed by atoms with E-state index in [1.807, 2.05) is 0 Å². The third-order valence-electron chi connectivity index (χ3n) is 3.82. The number of hydrogen-bond acceptors (Lipinski definition) is 2. The van der Waals surface area contributed by atoms with Gasteiger partial charge < -0.3 is 4.74 Å². The third-order valence-corrected chi connectivity index (χ3v) is 3.82. The van der Waals surface area contributed by atoms with Crippen molar-refractivity contribution in [2.24, 2.45) is 0 Å². The molecule has 1 atom stereocenters. The van der Waals surface area contributed by atoms with Crippen LogP contribution in [-0.2, 0) is 9.53 Å². The van der Waals surface area contributed by atoms with Crippen LogP contribution < -0.4 is 0 Å². The molecule has 0 aromatic rings. The minimum Gasteiger partial charge on any atom is -0.428 e. The van der Waals surface area contributed by atoms with Crippen LogP contribution in [0, 0.1) is 0 Å². The maximum Gasteiger partial charge on any atom is 0.453 e. The summed E-state index contributed by atoms with van der Waals surface area (Å²) in [5.41, 5.74) is 0. The smallest absolute Gasteiger partial charge is 0.428 e. The van der Waals surface area contributed by atoms with Crippen LogP contribution in [0.1, 0.15) is 32.1 Å². The highest BCUT2D eigenvalue weighted by Crippen LogP contribution is 2.49. The molecule has 0 N–H and O–H groups in total. The highest BCUT2D eigenvalue weighted by molar-refractivity contribution is 5.81. The summed E-state index contributed by atoms with van der Waals surface area (Å²) in [5.74, 6) is -29.9. The van der Waals surface area contributed by atoms with Gasteiger partial charge in [-0.15, -0.1) is 0 Å². The average molecular weight is 492 g/mol. The largest absolute Gasteiger partial charge is 0.453 e. The predicted octanol–water partition coefficient (Wildman–Crippen LogP) is 6.70. The molecule has 1 unspecified atom stereocenters. The number of hydrogen-bond donors (Lipinski definition) is 0. The monoisotopic (exact) mass is 492 g/mol. The van der Waals surface area contributed by atoms with E-state index in [2.05, 4.69) is 11.3 Å². The number of alkyl halides is 14. The van der Waals surface area contributed by atoms with Crippen LogP contribution in [0.5, 0.6) is 0 Å². The fourth-order valence-corrected chi connectivity index (χ4v) is 1.89. The number of carbonyl (C=O) groups excluding carboxylic acids is 1. The van der Waals surface area contributed by atoms with Crippen molar-refractivity contribution in [3.8, 4) is 0 Å². The Morgan fingerprint density at radius 2 is 1.00 bits per heavy atom. The van der Waals surface area contributed by atoms with Gasteiger partial charge in [-0.1, -0.05) is 6.58 Å². The first-order chi connectivity index (χ1) is 13.5. The van der Waals surface area contributed by atoms with Crippen LogP contribution >= 0.6 is 0 Å². The molecule has 0 aromatic heterocycles. The molecular weight excluding hydrogens is 478 g/mol. The molecule has 0 amide bonds. The number of carbonyl (C=O) groups is 1. The molecular formula is C15H14F14O2. The second-order valence-electron chi connectivity index (χ2n) is 6.28. The van der Waals surface area contributed by atoms with Crippen molar-refractivity contribution in [1.29, 1.82) is 0 Å². The maximum absolute atomic E-state index is 13.5. The van der Waals surface area contributed by atoms with Gasteiger partial charge in [0.05, 0.1) is 6.42 Å². The Bertz CT molecular complexity index is 626. The van der Waals surface area contributed by atoms with Crippen LogP contribution in [-0.4, -0.2) is 48.1 Å². The number of halogens is 14. The Morgan fingerprint density at radius 3 is 1.32 bits per heavy atom. The van der Waals surface area contributed by atoms with Gasteiger partial charge in [0.2, 0.25) is 6.36 Å². The van der Waals surface area contributed by atoms with Crippen LogP contribution in [0.4, 0.5) is 61.5 Å². The summed E-state index contributed by atoms with van der Waals surface area (Å²) < 4.78 is 185. The van der Waals surface area contributed by atoms with Gasteiger partial charge in [-0.2, -0.15) is 57.1 Å². The second-order valence-corrected chi connectivity index (χ2v) is 6.28. The first-order valence-corrected chi connectivity index (χ1v) is 7.94. The van der Waals surface area contributed by atoms with E-state index in [4.69, 9.17) is 0 Å². The molecule has 0 aromatic carbocycles. The Hall–Kier alpha value is -1.77. The van der Waals surface area contributed by atoms with E-state index in [1.54, 1.807) is 0 Å². The number of ether oxygens (including phenoxy) is 1. The molecule has 0 radical (unpaired) electrons. The van der Waals surface area contributed by atoms with E-state index < -0.39 is 80.2 Å². The van der Waals surface area contributed by atoms with Crippen molar-refractivity contribution in [3.05, 3.63) is 12.7 Å². The van der Waals surface area contributed by atoms with E-state index in [-0.39, 0.29) is 6.08 Å². The van der Waals surface area contributed by atoms with Crippen LogP contribution in [0.15, 0.2) is 12.7 Å². The molecule has 0 saturated carbocycles. The lowest BCUT2D eigenvalue weighted by atomic mass is 9.95. The molecule has 184 valence electrons. The van der Waals surface area contributed by atoms with Crippen LogP contribution in [0.2, 0.25) is 0 Å². The lowest BCUT2D eigenvalue weighted by molar-refractivity contribution is -0.295. The molecule has 0 aliphatic rings. The molecule has 0 spiro atoms. The highest BCUT2D eigenvalue weighted by Gasteiger charge is 2.64. The Labute approximate surface area is 165 Å².